The Hall–Kier alpha value is -2.36. The van der Waals surface area contributed by atoms with Crippen LogP contribution < -0.4 is 10.5 Å². The van der Waals surface area contributed by atoms with E-state index in [1.807, 2.05) is 42.7 Å². The molecule has 0 aliphatic carbocycles. The van der Waals surface area contributed by atoms with Crippen molar-refractivity contribution < 1.29 is 13.2 Å². The molecule has 0 radical (unpaired) electrons. The number of rotatable bonds is 8. The lowest BCUT2D eigenvalue weighted by Gasteiger charge is -2.17. The Morgan fingerprint density at radius 2 is 1.90 bits per heavy atom. The summed E-state index contributed by atoms with van der Waals surface area (Å²) in [5.74, 6) is 0.234. The van der Waals surface area contributed by atoms with Crippen LogP contribution in [0.25, 0.3) is 11.0 Å². The first-order chi connectivity index (χ1) is 14.7. The summed E-state index contributed by atoms with van der Waals surface area (Å²) in [6.45, 7) is 8.71. The van der Waals surface area contributed by atoms with Crippen molar-refractivity contribution in [3.8, 4) is 0 Å². The normalized spacial score (nSPS) is 13.8. The number of aryl methyl sites for hydroxylation is 1. The number of para-hydroxylation sites is 1. The lowest BCUT2D eigenvalue weighted by atomic mass is 9.97. The lowest BCUT2D eigenvalue weighted by Crippen LogP contribution is -2.23. The SMILES string of the molecule is CC[C@H](C)c1ccccc1NC(=O)[C@@H](C)Sc1nc2cc(S(N)(=O)=O)ccc2n1CC. The number of carbonyl (C=O) groups is 1. The highest BCUT2D eigenvalue weighted by Gasteiger charge is 2.21. The minimum absolute atomic E-state index is 0.0183. The topological polar surface area (TPSA) is 107 Å². The number of amides is 1. The van der Waals surface area contributed by atoms with Gasteiger partial charge < -0.3 is 9.88 Å². The quantitative estimate of drug-likeness (QED) is 0.486. The average Bonchev–Trinajstić information content (AvgIpc) is 3.08. The van der Waals surface area contributed by atoms with Gasteiger partial charge in [0.25, 0.3) is 0 Å². The predicted octanol–water partition coefficient (Wildman–Crippen LogP) is 4.34. The maximum absolute atomic E-state index is 12.9. The van der Waals surface area contributed by atoms with Gasteiger partial charge in [-0.1, -0.05) is 43.8 Å². The van der Waals surface area contributed by atoms with Gasteiger partial charge in [-0.05, 0) is 56.0 Å². The molecule has 1 amide bonds. The number of thioether (sulfide) groups is 1. The van der Waals surface area contributed by atoms with E-state index in [9.17, 15) is 13.2 Å². The van der Waals surface area contributed by atoms with Crippen LogP contribution in [0.5, 0.6) is 0 Å². The van der Waals surface area contributed by atoms with Crippen LogP contribution in [-0.2, 0) is 21.4 Å². The standard InChI is InChI=1S/C22H28N4O3S2/c1-5-14(3)17-9-7-8-10-18(17)24-21(27)15(4)30-22-25-19-13-16(31(23,28)29)11-12-20(19)26(22)6-2/h7-15H,5-6H2,1-4H3,(H,24,27)(H2,23,28,29)/t14-,15+/m0/s1. The molecular weight excluding hydrogens is 432 g/mol. The minimum Gasteiger partial charge on any atom is -0.325 e. The summed E-state index contributed by atoms with van der Waals surface area (Å²) in [6.07, 6.45) is 0.984. The van der Waals surface area contributed by atoms with Crippen molar-refractivity contribution >= 4 is 44.4 Å². The number of fused-ring (bicyclic) bond motifs is 1. The van der Waals surface area contributed by atoms with Crippen LogP contribution in [0.4, 0.5) is 5.69 Å². The van der Waals surface area contributed by atoms with E-state index in [0.29, 0.717) is 23.1 Å². The second-order valence-electron chi connectivity index (χ2n) is 7.48. The van der Waals surface area contributed by atoms with E-state index in [4.69, 9.17) is 5.14 Å². The first kappa shape index (κ1) is 23.3. The Balaban J connectivity index is 1.84. The maximum Gasteiger partial charge on any atom is 0.238 e. The molecule has 0 aliphatic rings. The van der Waals surface area contributed by atoms with E-state index in [2.05, 4.69) is 24.1 Å². The third-order valence-corrected chi connectivity index (χ3v) is 7.34. The molecule has 0 saturated carbocycles. The summed E-state index contributed by atoms with van der Waals surface area (Å²) in [7, 11) is -3.81. The predicted molar refractivity (Wildman–Crippen MR) is 126 cm³/mol. The molecule has 0 spiro atoms. The van der Waals surface area contributed by atoms with Gasteiger partial charge >= 0.3 is 0 Å². The smallest absolute Gasteiger partial charge is 0.238 e. The summed E-state index contributed by atoms with van der Waals surface area (Å²) >= 11 is 1.34. The molecule has 1 heterocycles. The van der Waals surface area contributed by atoms with Gasteiger partial charge in [0.05, 0.1) is 21.2 Å². The van der Waals surface area contributed by atoms with Crippen molar-refractivity contribution in [1.29, 1.82) is 0 Å². The van der Waals surface area contributed by atoms with Crippen molar-refractivity contribution in [1.82, 2.24) is 9.55 Å². The summed E-state index contributed by atoms with van der Waals surface area (Å²) in [4.78, 5) is 17.5. The molecule has 3 rings (SSSR count). The lowest BCUT2D eigenvalue weighted by molar-refractivity contribution is -0.115. The largest absolute Gasteiger partial charge is 0.325 e. The van der Waals surface area contributed by atoms with Gasteiger partial charge in [0.1, 0.15) is 0 Å². The van der Waals surface area contributed by atoms with Crippen molar-refractivity contribution in [2.75, 3.05) is 5.32 Å². The number of nitrogens with two attached hydrogens (primary N) is 1. The fraction of sp³-hybridized carbons (Fsp3) is 0.364. The Kier molecular flexibility index (Phi) is 7.08. The molecule has 0 bridgehead atoms. The van der Waals surface area contributed by atoms with Crippen LogP contribution in [0.2, 0.25) is 0 Å². The number of sulfonamides is 1. The number of hydrogen-bond acceptors (Lipinski definition) is 5. The van der Waals surface area contributed by atoms with Gasteiger partial charge in [-0.3, -0.25) is 4.79 Å². The first-order valence-corrected chi connectivity index (χ1v) is 12.7. The van der Waals surface area contributed by atoms with E-state index >= 15 is 0 Å². The van der Waals surface area contributed by atoms with Gasteiger partial charge in [0.2, 0.25) is 15.9 Å². The maximum atomic E-state index is 12.9. The Morgan fingerprint density at radius 3 is 2.55 bits per heavy atom. The zero-order chi connectivity index (χ0) is 22.8. The minimum atomic E-state index is -3.81. The second-order valence-corrected chi connectivity index (χ2v) is 10.3. The molecular formula is C22H28N4O3S2. The number of nitrogens with zero attached hydrogens (tertiary/aromatic N) is 2. The van der Waals surface area contributed by atoms with Crippen molar-refractivity contribution in [2.24, 2.45) is 5.14 Å². The molecule has 7 nitrogen and oxygen atoms in total. The van der Waals surface area contributed by atoms with E-state index in [-0.39, 0.29) is 10.8 Å². The molecule has 0 unspecified atom stereocenters. The van der Waals surface area contributed by atoms with Gasteiger partial charge in [-0.2, -0.15) is 0 Å². The Bertz CT molecular complexity index is 1200. The Labute approximate surface area is 187 Å². The summed E-state index contributed by atoms with van der Waals surface area (Å²) in [5, 5.41) is 8.55. The zero-order valence-corrected chi connectivity index (χ0v) is 19.8. The number of imidazole rings is 1. The van der Waals surface area contributed by atoms with E-state index in [1.54, 1.807) is 6.07 Å². The van der Waals surface area contributed by atoms with Crippen LogP contribution in [0.3, 0.4) is 0 Å². The molecule has 3 N–H and O–H groups in total. The van der Waals surface area contributed by atoms with Gasteiger partial charge in [-0.15, -0.1) is 0 Å². The van der Waals surface area contributed by atoms with Crippen LogP contribution >= 0.6 is 11.8 Å². The third-order valence-electron chi connectivity index (χ3n) is 5.34. The highest BCUT2D eigenvalue weighted by Crippen LogP contribution is 2.30. The fourth-order valence-electron chi connectivity index (χ4n) is 3.37. The number of nitrogens with one attached hydrogen (secondary N) is 1. The van der Waals surface area contributed by atoms with Crippen LogP contribution in [-0.4, -0.2) is 29.1 Å². The monoisotopic (exact) mass is 460 g/mol. The molecule has 1 aromatic heterocycles. The van der Waals surface area contributed by atoms with E-state index in [0.717, 1.165) is 23.2 Å². The molecule has 31 heavy (non-hydrogen) atoms. The Morgan fingerprint density at radius 1 is 1.19 bits per heavy atom. The highest BCUT2D eigenvalue weighted by atomic mass is 32.2. The molecule has 0 aliphatic heterocycles. The molecule has 166 valence electrons. The average molecular weight is 461 g/mol. The van der Waals surface area contributed by atoms with Gasteiger partial charge in [0, 0.05) is 12.2 Å². The first-order valence-electron chi connectivity index (χ1n) is 10.2. The zero-order valence-electron chi connectivity index (χ0n) is 18.1. The van der Waals surface area contributed by atoms with Crippen molar-refractivity contribution in [2.45, 2.75) is 61.9 Å². The van der Waals surface area contributed by atoms with Crippen molar-refractivity contribution in [3.63, 3.8) is 0 Å². The van der Waals surface area contributed by atoms with Gasteiger partial charge in [-0.25, -0.2) is 18.5 Å². The summed E-state index contributed by atoms with van der Waals surface area (Å²) in [5.41, 5.74) is 3.28. The number of aromatic nitrogens is 2. The summed E-state index contributed by atoms with van der Waals surface area (Å²) in [6, 6.07) is 12.5. The van der Waals surface area contributed by atoms with Crippen LogP contribution in [0, 0.1) is 0 Å². The number of primary sulfonamides is 1. The number of hydrogen-bond donors (Lipinski definition) is 2. The van der Waals surface area contributed by atoms with Gasteiger partial charge in [0.15, 0.2) is 5.16 Å². The molecule has 2 atom stereocenters. The molecule has 0 saturated heterocycles. The molecule has 0 fully saturated rings. The van der Waals surface area contributed by atoms with Crippen LogP contribution in [0.15, 0.2) is 52.5 Å². The summed E-state index contributed by atoms with van der Waals surface area (Å²) < 4.78 is 25.3. The number of benzene rings is 2. The number of carbonyl (C=O) groups excluding carboxylic acids is 1. The van der Waals surface area contributed by atoms with Crippen LogP contribution in [0.1, 0.15) is 45.6 Å². The molecule has 2 aromatic carbocycles. The van der Waals surface area contributed by atoms with Crippen molar-refractivity contribution in [3.05, 3.63) is 48.0 Å². The highest BCUT2D eigenvalue weighted by molar-refractivity contribution is 8.00. The second kappa shape index (κ2) is 9.42. The van der Waals surface area contributed by atoms with E-state index in [1.165, 1.54) is 23.9 Å². The van der Waals surface area contributed by atoms with E-state index < -0.39 is 15.3 Å². The molecule has 9 heteroatoms. The number of anilines is 1. The molecule has 3 aromatic rings. The fourth-order valence-corrected chi connectivity index (χ4v) is 4.89. The third kappa shape index (κ3) is 5.11.